The molecule has 2 heterocycles. The summed E-state index contributed by atoms with van der Waals surface area (Å²) in [5.74, 6) is 0.0202. The van der Waals surface area contributed by atoms with Gasteiger partial charge >= 0.3 is 0 Å². The smallest absolute Gasteiger partial charge is 0.209 e. The monoisotopic (exact) mass is 360 g/mol. The molecule has 0 amide bonds. The van der Waals surface area contributed by atoms with Crippen LogP contribution in [0, 0.1) is 6.92 Å². The number of aromatic nitrogens is 2. The van der Waals surface area contributed by atoms with Gasteiger partial charge in [-0.2, -0.15) is 0 Å². The van der Waals surface area contributed by atoms with Crippen molar-refractivity contribution in [3.8, 4) is 0 Å². The third-order valence-electron chi connectivity index (χ3n) is 4.45. The van der Waals surface area contributed by atoms with Crippen molar-refractivity contribution in [2.45, 2.75) is 13.5 Å². The summed E-state index contributed by atoms with van der Waals surface area (Å²) in [5.41, 5.74) is 4.31. The Balaban J connectivity index is 1.65. The Hall–Kier alpha value is -2.91. The van der Waals surface area contributed by atoms with Crippen LogP contribution in [0.4, 0.5) is 0 Å². The molecule has 2 aromatic carbocycles. The van der Waals surface area contributed by atoms with Gasteiger partial charge in [0.2, 0.25) is 5.78 Å². The molecule has 0 atom stereocenters. The number of carbonyl (C=O) groups excluding carboxylic acids is 1. The summed E-state index contributed by atoms with van der Waals surface area (Å²) in [4.78, 5) is 17.3. The number of pyridine rings is 1. The van der Waals surface area contributed by atoms with Gasteiger partial charge in [-0.05, 0) is 36.8 Å². The molecule has 0 fully saturated rings. The predicted octanol–water partition coefficient (Wildman–Crippen LogP) is 5.28. The van der Waals surface area contributed by atoms with E-state index in [0.29, 0.717) is 22.8 Å². The van der Waals surface area contributed by atoms with Gasteiger partial charge in [0.05, 0.1) is 16.2 Å². The fourth-order valence-corrected chi connectivity index (χ4v) is 3.29. The van der Waals surface area contributed by atoms with Crippen molar-refractivity contribution in [2.75, 3.05) is 0 Å². The molecule has 4 heteroatoms. The number of para-hydroxylation sites is 1. The molecule has 26 heavy (non-hydrogen) atoms. The Kier molecular flexibility index (Phi) is 4.31. The van der Waals surface area contributed by atoms with Crippen LogP contribution in [0.1, 0.15) is 27.2 Å². The van der Waals surface area contributed by atoms with E-state index in [1.807, 2.05) is 78.5 Å². The molecule has 0 spiro atoms. The van der Waals surface area contributed by atoms with Gasteiger partial charge in [0, 0.05) is 29.9 Å². The topological polar surface area (TPSA) is 34.9 Å². The number of carbonyl (C=O) groups is 1. The summed E-state index contributed by atoms with van der Waals surface area (Å²) < 4.78 is 1.95. The highest BCUT2D eigenvalue weighted by Crippen LogP contribution is 2.22. The lowest BCUT2D eigenvalue weighted by Crippen LogP contribution is -2.10. The van der Waals surface area contributed by atoms with Gasteiger partial charge in [-0.1, -0.05) is 53.6 Å². The maximum absolute atomic E-state index is 12.8. The largest absolute Gasteiger partial charge is 0.340 e. The van der Waals surface area contributed by atoms with E-state index in [-0.39, 0.29) is 5.78 Å². The summed E-state index contributed by atoms with van der Waals surface area (Å²) in [6.45, 7) is 2.59. The molecular formula is C22H17ClN2O. The van der Waals surface area contributed by atoms with Crippen molar-refractivity contribution >= 4 is 28.3 Å². The molecular weight excluding hydrogens is 344 g/mol. The maximum Gasteiger partial charge on any atom is 0.209 e. The molecule has 2 aromatic heterocycles. The number of aryl methyl sites for hydroxylation is 1. The Morgan fingerprint density at radius 3 is 2.69 bits per heavy atom. The SMILES string of the molecule is Cc1ccc(C(=O)c2cccn2Cc2cnc3c(Cl)cccc3c2)cc1. The standard InChI is InChI=1S/C22H17ClN2O/c1-15-7-9-17(10-8-15)22(26)20-6-3-11-25(20)14-16-12-18-4-2-5-19(23)21(18)24-13-16/h2-13H,14H2,1H3. The molecule has 0 aliphatic heterocycles. The summed E-state index contributed by atoms with van der Waals surface area (Å²) >= 11 is 6.19. The molecule has 4 aromatic rings. The number of benzene rings is 2. The van der Waals surface area contributed by atoms with Gasteiger partial charge in [0.15, 0.2) is 0 Å². The summed E-state index contributed by atoms with van der Waals surface area (Å²) in [6.07, 6.45) is 3.73. The normalized spacial score (nSPS) is 11.0. The Morgan fingerprint density at radius 1 is 1.08 bits per heavy atom. The molecule has 0 unspecified atom stereocenters. The minimum absolute atomic E-state index is 0.0202. The van der Waals surface area contributed by atoms with Gasteiger partial charge in [-0.3, -0.25) is 9.78 Å². The van der Waals surface area contributed by atoms with E-state index in [2.05, 4.69) is 11.1 Å². The third kappa shape index (κ3) is 3.14. The van der Waals surface area contributed by atoms with Gasteiger partial charge in [-0.15, -0.1) is 0 Å². The van der Waals surface area contributed by atoms with Crippen LogP contribution in [0.15, 0.2) is 73.1 Å². The van der Waals surface area contributed by atoms with Crippen molar-refractivity contribution < 1.29 is 4.79 Å². The number of nitrogens with zero attached hydrogens (tertiary/aromatic N) is 2. The highest BCUT2D eigenvalue weighted by atomic mass is 35.5. The lowest BCUT2D eigenvalue weighted by molar-refractivity contribution is 0.103. The fraction of sp³-hybridized carbons (Fsp3) is 0.0909. The molecule has 0 saturated carbocycles. The van der Waals surface area contributed by atoms with E-state index in [1.165, 1.54) is 0 Å². The molecule has 0 aliphatic carbocycles. The van der Waals surface area contributed by atoms with E-state index in [0.717, 1.165) is 22.0 Å². The zero-order chi connectivity index (χ0) is 18.1. The molecule has 0 N–H and O–H groups in total. The van der Waals surface area contributed by atoms with Crippen molar-refractivity contribution in [2.24, 2.45) is 0 Å². The minimum Gasteiger partial charge on any atom is -0.340 e. The first-order valence-electron chi connectivity index (χ1n) is 8.41. The average molecular weight is 361 g/mol. The Labute approximate surface area is 156 Å². The average Bonchev–Trinajstić information content (AvgIpc) is 3.10. The van der Waals surface area contributed by atoms with Crippen LogP contribution in [0.2, 0.25) is 5.02 Å². The molecule has 128 valence electrons. The van der Waals surface area contributed by atoms with E-state index < -0.39 is 0 Å². The second kappa shape index (κ2) is 6.77. The molecule has 0 radical (unpaired) electrons. The second-order valence-electron chi connectivity index (χ2n) is 6.37. The van der Waals surface area contributed by atoms with E-state index in [1.54, 1.807) is 0 Å². The zero-order valence-corrected chi connectivity index (χ0v) is 15.1. The molecule has 3 nitrogen and oxygen atoms in total. The van der Waals surface area contributed by atoms with Crippen LogP contribution in [0.5, 0.6) is 0 Å². The molecule has 0 aliphatic rings. The first-order valence-corrected chi connectivity index (χ1v) is 8.79. The first kappa shape index (κ1) is 16.6. The van der Waals surface area contributed by atoms with Crippen LogP contribution >= 0.6 is 11.6 Å². The van der Waals surface area contributed by atoms with E-state index in [9.17, 15) is 4.79 Å². The van der Waals surface area contributed by atoms with E-state index in [4.69, 9.17) is 11.6 Å². The highest BCUT2D eigenvalue weighted by molar-refractivity contribution is 6.35. The Bertz CT molecular complexity index is 1100. The first-order chi connectivity index (χ1) is 12.6. The van der Waals surface area contributed by atoms with Crippen molar-refractivity contribution in [3.05, 3.63) is 100 Å². The second-order valence-corrected chi connectivity index (χ2v) is 6.78. The number of halogens is 1. The quantitative estimate of drug-likeness (QED) is 0.464. The van der Waals surface area contributed by atoms with Crippen LogP contribution in [-0.2, 0) is 6.54 Å². The lowest BCUT2D eigenvalue weighted by atomic mass is 10.1. The van der Waals surface area contributed by atoms with E-state index >= 15 is 0 Å². The van der Waals surface area contributed by atoms with Crippen molar-refractivity contribution in [3.63, 3.8) is 0 Å². The maximum atomic E-state index is 12.8. The van der Waals surface area contributed by atoms with Gasteiger partial charge in [0.1, 0.15) is 0 Å². The summed E-state index contributed by atoms with van der Waals surface area (Å²) in [6, 6.07) is 19.2. The van der Waals surface area contributed by atoms with Crippen molar-refractivity contribution in [1.29, 1.82) is 0 Å². The predicted molar refractivity (Wildman–Crippen MR) is 105 cm³/mol. The molecule has 4 rings (SSSR count). The minimum atomic E-state index is 0.0202. The molecule has 0 bridgehead atoms. The summed E-state index contributed by atoms with van der Waals surface area (Å²) in [7, 11) is 0. The van der Waals surface area contributed by atoms with Crippen LogP contribution in [-0.4, -0.2) is 15.3 Å². The lowest BCUT2D eigenvalue weighted by Gasteiger charge is -2.10. The van der Waals surface area contributed by atoms with Crippen molar-refractivity contribution in [1.82, 2.24) is 9.55 Å². The molecule has 0 saturated heterocycles. The number of hydrogen-bond donors (Lipinski definition) is 0. The zero-order valence-electron chi connectivity index (χ0n) is 14.3. The number of fused-ring (bicyclic) bond motifs is 1. The number of hydrogen-bond acceptors (Lipinski definition) is 2. The third-order valence-corrected chi connectivity index (χ3v) is 4.75. The van der Waals surface area contributed by atoms with Gasteiger partial charge < -0.3 is 4.57 Å². The van der Waals surface area contributed by atoms with Crippen LogP contribution in [0.25, 0.3) is 10.9 Å². The Morgan fingerprint density at radius 2 is 1.88 bits per heavy atom. The number of ketones is 1. The number of rotatable bonds is 4. The van der Waals surface area contributed by atoms with Gasteiger partial charge in [0.25, 0.3) is 0 Å². The fourth-order valence-electron chi connectivity index (χ4n) is 3.06. The van der Waals surface area contributed by atoms with Crippen LogP contribution < -0.4 is 0 Å². The van der Waals surface area contributed by atoms with Gasteiger partial charge in [-0.25, -0.2) is 0 Å². The highest BCUT2D eigenvalue weighted by Gasteiger charge is 2.13. The van der Waals surface area contributed by atoms with Crippen LogP contribution in [0.3, 0.4) is 0 Å². The summed E-state index contributed by atoms with van der Waals surface area (Å²) in [5, 5.41) is 1.64.